The predicted molar refractivity (Wildman–Crippen MR) is 43.3 cm³/mol. The molecule has 0 aromatic carbocycles. The number of rotatable bonds is 7. The molecule has 7 N–H and O–H groups in total. The Morgan fingerprint density at radius 2 is 1.86 bits per heavy atom. The van der Waals surface area contributed by atoms with Crippen molar-refractivity contribution in [2.24, 2.45) is 11.8 Å². The number of carbonyl (C=O) groups is 1. The third-order valence-corrected chi connectivity index (χ3v) is 1.69. The van der Waals surface area contributed by atoms with Gasteiger partial charge in [0.1, 0.15) is 18.3 Å². The van der Waals surface area contributed by atoms with Gasteiger partial charge in [-0.1, -0.05) is 0 Å². The van der Waals surface area contributed by atoms with Gasteiger partial charge in [-0.25, -0.2) is 11.8 Å². The number of hydrogen-bond acceptors (Lipinski definition) is 8. The van der Waals surface area contributed by atoms with Crippen LogP contribution in [0.25, 0.3) is 0 Å². The number of aliphatic hydroxyl groups excluding tert-OH is 3. The zero-order valence-electron chi connectivity index (χ0n) is 7.31. The highest BCUT2D eigenvalue weighted by Crippen LogP contribution is 2.07. The standard InChI is InChI=1S/C6H14N2O6/c7-13-4(2-10)5(12)6(14-8)3(11)1-9/h2-6,9,11-12H,1,7-8H2/t3-,4+,5-,6-/m1/s1. The fourth-order valence-electron chi connectivity index (χ4n) is 0.883. The summed E-state index contributed by atoms with van der Waals surface area (Å²) in [5.74, 6) is 9.44. The Bertz CT molecular complexity index is 168. The quantitative estimate of drug-likeness (QED) is 0.214. The first kappa shape index (κ1) is 13.4. The molecule has 0 amide bonds. The minimum absolute atomic E-state index is 0.223. The molecule has 0 rings (SSSR count). The predicted octanol–water partition coefficient (Wildman–Crippen LogP) is -3.58. The van der Waals surface area contributed by atoms with Crippen molar-refractivity contribution in [2.45, 2.75) is 24.4 Å². The third kappa shape index (κ3) is 3.27. The average molecular weight is 210 g/mol. The summed E-state index contributed by atoms with van der Waals surface area (Å²) >= 11 is 0. The highest BCUT2D eigenvalue weighted by atomic mass is 16.7. The lowest BCUT2D eigenvalue weighted by Gasteiger charge is -2.26. The second-order valence-electron chi connectivity index (χ2n) is 2.58. The molecular weight excluding hydrogens is 196 g/mol. The second kappa shape index (κ2) is 6.79. The van der Waals surface area contributed by atoms with Crippen LogP contribution in [0.15, 0.2) is 0 Å². The van der Waals surface area contributed by atoms with Gasteiger partial charge < -0.3 is 20.1 Å². The molecule has 0 heterocycles. The molecule has 0 unspecified atom stereocenters. The largest absolute Gasteiger partial charge is 0.394 e. The van der Waals surface area contributed by atoms with E-state index in [4.69, 9.17) is 16.1 Å². The molecule has 84 valence electrons. The number of aliphatic hydroxyl groups is 3. The Morgan fingerprint density at radius 1 is 1.29 bits per heavy atom. The normalized spacial score (nSPS) is 19.8. The SMILES string of the molecule is NO[C@@H]([C@H](O)[C@H](C=O)ON)[C@H](O)CO. The van der Waals surface area contributed by atoms with Crippen molar-refractivity contribution >= 4 is 6.29 Å². The highest BCUT2D eigenvalue weighted by molar-refractivity contribution is 5.57. The van der Waals surface area contributed by atoms with Crippen LogP contribution in [0.4, 0.5) is 0 Å². The van der Waals surface area contributed by atoms with Gasteiger partial charge in [-0.05, 0) is 0 Å². The topological polar surface area (TPSA) is 148 Å². The molecule has 0 aliphatic rings. The summed E-state index contributed by atoms with van der Waals surface area (Å²) in [4.78, 5) is 18.6. The molecular formula is C6H14N2O6. The van der Waals surface area contributed by atoms with Crippen molar-refractivity contribution in [1.82, 2.24) is 0 Å². The van der Waals surface area contributed by atoms with Crippen LogP contribution in [0.1, 0.15) is 0 Å². The minimum Gasteiger partial charge on any atom is -0.394 e. The Hall–Kier alpha value is -0.610. The van der Waals surface area contributed by atoms with E-state index in [0.29, 0.717) is 0 Å². The molecule has 0 saturated heterocycles. The first-order valence-electron chi connectivity index (χ1n) is 3.75. The van der Waals surface area contributed by atoms with E-state index in [1.165, 1.54) is 0 Å². The lowest BCUT2D eigenvalue weighted by Crippen LogP contribution is -2.50. The van der Waals surface area contributed by atoms with Gasteiger partial charge in [-0.2, -0.15) is 0 Å². The average Bonchev–Trinajstić information content (AvgIpc) is 2.20. The van der Waals surface area contributed by atoms with Gasteiger partial charge in [0.2, 0.25) is 0 Å². The van der Waals surface area contributed by atoms with Crippen molar-refractivity contribution in [2.75, 3.05) is 6.61 Å². The molecule has 8 nitrogen and oxygen atoms in total. The van der Waals surface area contributed by atoms with Crippen molar-refractivity contribution in [3.8, 4) is 0 Å². The molecule has 0 radical (unpaired) electrons. The van der Waals surface area contributed by atoms with E-state index in [9.17, 15) is 9.90 Å². The van der Waals surface area contributed by atoms with Crippen molar-refractivity contribution in [3.05, 3.63) is 0 Å². The van der Waals surface area contributed by atoms with Gasteiger partial charge in [-0.15, -0.1) is 0 Å². The summed E-state index contributed by atoms with van der Waals surface area (Å²) in [5, 5.41) is 27.0. The summed E-state index contributed by atoms with van der Waals surface area (Å²) in [6, 6.07) is 0. The van der Waals surface area contributed by atoms with E-state index >= 15 is 0 Å². The van der Waals surface area contributed by atoms with Crippen LogP contribution < -0.4 is 11.8 Å². The summed E-state index contributed by atoms with van der Waals surface area (Å²) in [5.41, 5.74) is 0. The maximum atomic E-state index is 10.3. The van der Waals surface area contributed by atoms with E-state index in [2.05, 4.69) is 15.6 Å². The molecule has 0 fully saturated rings. The van der Waals surface area contributed by atoms with Crippen LogP contribution in [0.3, 0.4) is 0 Å². The van der Waals surface area contributed by atoms with E-state index in [1.807, 2.05) is 0 Å². The number of carbonyl (C=O) groups excluding carboxylic acids is 1. The molecule has 0 bridgehead atoms. The maximum Gasteiger partial charge on any atom is 0.162 e. The van der Waals surface area contributed by atoms with E-state index in [1.54, 1.807) is 0 Å². The second-order valence-corrected chi connectivity index (χ2v) is 2.58. The first-order valence-corrected chi connectivity index (χ1v) is 3.75. The van der Waals surface area contributed by atoms with Gasteiger partial charge in [0.25, 0.3) is 0 Å². The van der Waals surface area contributed by atoms with Crippen LogP contribution in [-0.2, 0) is 14.5 Å². The summed E-state index contributed by atoms with van der Waals surface area (Å²) in [6.07, 6.45) is -5.53. The summed E-state index contributed by atoms with van der Waals surface area (Å²) in [6.45, 7) is -0.685. The van der Waals surface area contributed by atoms with Crippen LogP contribution in [0, 0.1) is 0 Å². The molecule has 0 spiro atoms. The molecule has 4 atom stereocenters. The molecule has 0 aliphatic carbocycles. The van der Waals surface area contributed by atoms with Crippen LogP contribution in [0.2, 0.25) is 0 Å². The highest BCUT2D eigenvalue weighted by Gasteiger charge is 2.33. The van der Waals surface area contributed by atoms with E-state index in [0.717, 1.165) is 0 Å². The number of hydrogen-bond donors (Lipinski definition) is 5. The monoisotopic (exact) mass is 210 g/mol. The van der Waals surface area contributed by atoms with Gasteiger partial charge in [0, 0.05) is 0 Å². The zero-order chi connectivity index (χ0) is 11.1. The Labute approximate surface area is 79.9 Å². The smallest absolute Gasteiger partial charge is 0.162 e. The van der Waals surface area contributed by atoms with Crippen LogP contribution >= 0.6 is 0 Å². The summed E-state index contributed by atoms with van der Waals surface area (Å²) < 4.78 is 0. The van der Waals surface area contributed by atoms with Crippen LogP contribution in [-0.4, -0.2) is 52.6 Å². The lowest BCUT2D eigenvalue weighted by atomic mass is 10.0. The van der Waals surface area contributed by atoms with Gasteiger partial charge in [0.15, 0.2) is 12.4 Å². The summed E-state index contributed by atoms with van der Waals surface area (Å²) in [7, 11) is 0. The van der Waals surface area contributed by atoms with Crippen molar-refractivity contribution in [3.63, 3.8) is 0 Å². The number of nitrogens with two attached hydrogens (primary N) is 2. The molecule has 0 aliphatic heterocycles. The van der Waals surface area contributed by atoms with Gasteiger partial charge in [0.05, 0.1) is 6.61 Å². The minimum atomic E-state index is -1.57. The maximum absolute atomic E-state index is 10.3. The Balaban J connectivity index is 4.42. The van der Waals surface area contributed by atoms with E-state index < -0.39 is 31.0 Å². The Kier molecular flexibility index (Phi) is 6.49. The molecule has 0 aromatic rings. The number of aldehydes is 1. The fourth-order valence-corrected chi connectivity index (χ4v) is 0.883. The molecule has 8 heteroatoms. The molecule has 0 saturated carbocycles. The van der Waals surface area contributed by atoms with Gasteiger partial charge in [-0.3, -0.25) is 9.68 Å². The fraction of sp³-hybridized carbons (Fsp3) is 0.833. The molecule has 14 heavy (non-hydrogen) atoms. The van der Waals surface area contributed by atoms with Crippen LogP contribution in [0.5, 0.6) is 0 Å². The third-order valence-electron chi connectivity index (χ3n) is 1.69. The Morgan fingerprint density at radius 3 is 2.14 bits per heavy atom. The van der Waals surface area contributed by atoms with Crippen molar-refractivity contribution < 1.29 is 29.8 Å². The first-order chi connectivity index (χ1) is 6.62. The molecule has 0 aromatic heterocycles. The van der Waals surface area contributed by atoms with Gasteiger partial charge >= 0.3 is 0 Å². The van der Waals surface area contributed by atoms with E-state index in [-0.39, 0.29) is 6.29 Å². The van der Waals surface area contributed by atoms with Crippen molar-refractivity contribution in [1.29, 1.82) is 0 Å². The lowest BCUT2D eigenvalue weighted by molar-refractivity contribution is -0.160. The zero-order valence-corrected chi connectivity index (χ0v) is 7.31.